The maximum Gasteiger partial charge on any atom is 0.319 e. The highest BCUT2D eigenvalue weighted by Crippen LogP contribution is 2.24. The van der Waals surface area contributed by atoms with Crippen molar-refractivity contribution in [3.05, 3.63) is 29.3 Å². The summed E-state index contributed by atoms with van der Waals surface area (Å²) >= 11 is 0. The molecule has 2 amide bonds. The molecular formula is C17H24N2O3. The normalized spacial score (nSPS) is 21.2. The Labute approximate surface area is 131 Å². The molecule has 0 aromatic heterocycles. The van der Waals surface area contributed by atoms with E-state index in [-0.39, 0.29) is 18.0 Å². The van der Waals surface area contributed by atoms with E-state index < -0.39 is 5.97 Å². The van der Waals surface area contributed by atoms with Crippen LogP contribution < -0.4 is 10.6 Å². The summed E-state index contributed by atoms with van der Waals surface area (Å²) in [6.45, 7) is 4.15. The van der Waals surface area contributed by atoms with Crippen LogP contribution >= 0.6 is 0 Å². The second-order valence-corrected chi connectivity index (χ2v) is 5.98. The minimum Gasteiger partial charge on any atom is -0.481 e. The van der Waals surface area contributed by atoms with Gasteiger partial charge in [0.15, 0.2) is 0 Å². The van der Waals surface area contributed by atoms with Crippen LogP contribution in [0.5, 0.6) is 0 Å². The van der Waals surface area contributed by atoms with Crippen LogP contribution in [0, 0.1) is 12.8 Å². The number of hydrogen-bond donors (Lipinski definition) is 3. The fourth-order valence-corrected chi connectivity index (χ4v) is 2.97. The van der Waals surface area contributed by atoms with Gasteiger partial charge in [-0.2, -0.15) is 0 Å². The van der Waals surface area contributed by atoms with Crippen molar-refractivity contribution in [2.45, 2.75) is 52.0 Å². The van der Waals surface area contributed by atoms with Gasteiger partial charge in [-0.05, 0) is 62.3 Å². The molecule has 3 N–H and O–H groups in total. The second kappa shape index (κ2) is 7.29. The van der Waals surface area contributed by atoms with E-state index in [1.807, 2.05) is 18.2 Å². The van der Waals surface area contributed by atoms with Crippen LogP contribution in [0.25, 0.3) is 0 Å². The molecule has 2 rings (SSSR count). The van der Waals surface area contributed by atoms with Crippen molar-refractivity contribution >= 4 is 17.7 Å². The Kier molecular flexibility index (Phi) is 5.41. The molecule has 0 unspecified atom stereocenters. The van der Waals surface area contributed by atoms with Crippen LogP contribution in [0.1, 0.15) is 43.7 Å². The summed E-state index contributed by atoms with van der Waals surface area (Å²) in [6.07, 6.45) is 3.63. The number of carboxylic acid groups (broad SMARTS) is 1. The van der Waals surface area contributed by atoms with Crippen molar-refractivity contribution in [2.24, 2.45) is 5.92 Å². The average molecular weight is 304 g/mol. The van der Waals surface area contributed by atoms with E-state index in [0.29, 0.717) is 12.8 Å². The lowest BCUT2D eigenvalue weighted by Gasteiger charge is -2.26. The number of rotatable bonds is 4. The van der Waals surface area contributed by atoms with Gasteiger partial charge >= 0.3 is 12.0 Å². The molecule has 0 aliphatic heterocycles. The van der Waals surface area contributed by atoms with E-state index in [2.05, 4.69) is 24.5 Å². The molecule has 1 aromatic rings. The highest BCUT2D eigenvalue weighted by molar-refractivity contribution is 5.89. The number of aryl methyl sites for hydroxylation is 2. The highest BCUT2D eigenvalue weighted by atomic mass is 16.4. The number of benzene rings is 1. The largest absolute Gasteiger partial charge is 0.481 e. The fourth-order valence-electron chi connectivity index (χ4n) is 2.97. The molecule has 5 nitrogen and oxygen atoms in total. The van der Waals surface area contributed by atoms with E-state index in [1.54, 1.807) is 0 Å². The minimum absolute atomic E-state index is 0.0618. The summed E-state index contributed by atoms with van der Waals surface area (Å²) in [5.41, 5.74) is 3.24. The molecule has 1 aromatic carbocycles. The third kappa shape index (κ3) is 4.23. The number of carbonyl (C=O) groups excluding carboxylic acids is 1. The molecule has 1 aliphatic rings. The van der Waals surface area contributed by atoms with Crippen LogP contribution in [0.15, 0.2) is 18.2 Å². The molecule has 0 bridgehead atoms. The van der Waals surface area contributed by atoms with E-state index in [0.717, 1.165) is 24.9 Å². The summed E-state index contributed by atoms with van der Waals surface area (Å²) in [7, 11) is 0. The third-order valence-corrected chi connectivity index (χ3v) is 4.40. The number of nitrogens with one attached hydrogen (secondary N) is 2. The van der Waals surface area contributed by atoms with Crippen molar-refractivity contribution in [2.75, 3.05) is 5.32 Å². The Morgan fingerprint density at radius 2 is 1.91 bits per heavy atom. The van der Waals surface area contributed by atoms with Gasteiger partial charge in [0, 0.05) is 11.7 Å². The van der Waals surface area contributed by atoms with Gasteiger partial charge in [-0.3, -0.25) is 4.79 Å². The monoisotopic (exact) mass is 304 g/mol. The standard InChI is InChI=1S/C17H24N2O3/c1-3-12-10-15(7-4-11(12)2)19-17(22)18-14-8-5-13(6-9-14)16(20)21/h4,7,10,13-14H,3,5-6,8-9H2,1-2H3,(H,20,21)(H2,18,19,22). The zero-order valence-corrected chi connectivity index (χ0v) is 13.2. The van der Waals surface area contributed by atoms with Gasteiger partial charge in [0.25, 0.3) is 0 Å². The zero-order chi connectivity index (χ0) is 16.1. The number of anilines is 1. The van der Waals surface area contributed by atoms with Crippen molar-refractivity contribution in [1.82, 2.24) is 5.32 Å². The second-order valence-electron chi connectivity index (χ2n) is 5.98. The zero-order valence-electron chi connectivity index (χ0n) is 13.2. The smallest absolute Gasteiger partial charge is 0.319 e. The summed E-state index contributed by atoms with van der Waals surface area (Å²) < 4.78 is 0. The highest BCUT2D eigenvalue weighted by Gasteiger charge is 2.26. The molecule has 0 saturated heterocycles. The molecule has 1 fully saturated rings. The van der Waals surface area contributed by atoms with E-state index in [4.69, 9.17) is 5.11 Å². The van der Waals surface area contributed by atoms with Crippen LogP contribution in [-0.4, -0.2) is 23.1 Å². The predicted octanol–water partition coefficient (Wildman–Crippen LogP) is 3.32. The maximum absolute atomic E-state index is 12.0. The number of aliphatic carboxylic acids is 1. The first-order valence-corrected chi connectivity index (χ1v) is 7.89. The van der Waals surface area contributed by atoms with Crippen LogP contribution in [-0.2, 0) is 11.2 Å². The van der Waals surface area contributed by atoms with Crippen LogP contribution in [0.3, 0.4) is 0 Å². The number of urea groups is 1. The molecule has 120 valence electrons. The van der Waals surface area contributed by atoms with E-state index in [9.17, 15) is 9.59 Å². The van der Waals surface area contributed by atoms with E-state index >= 15 is 0 Å². The number of carboxylic acids is 1. The maximum atomic E-state index is 12.0. The first kappa shape index (κ1) is 16.3. The summed E-state index contributed by atoms with van der Waals surface area (Å²) in [5.74, 6) is -0.986. The average Bonchev–Trinajstić information content (AvgIpc) is 2.49. The lowest BCUT2D eigenvalue weighted by Crippen LogP contribution is -2.41. The number of amides is 2. The van der Waals surface area contributed by atoms with Gasteiger partial charge in [0.2, 0.25) is 0 Å². The molecule has 0 atom stereocenters. The quantitative estimate of drug-likeness (QED) is 0.798. The number of carbonyl (C=O) groups is 2. The Morgan fingerprint density at radius 3 is 2.50 bits per heavy atom. The summed E-state index contributed by atoms with van der Waals surface area (Å²) in [5, 5.41) is 14.8. The first-order valence-electron chi connectivity index (χ1n) is 7.89. The summed E-state index contributed by atoms with van der Waals surface area (Å²) in [4.78, 5) is 23.0. The molecule has 1 aliphatic carbocycles. The van der Waals surface area contributed by atoms with Gasteiger partial charge < -0.3 is 15.7 Å². The molecule has 5 heteroatoms. The Balaban J connectivity index is 1.85. The predicted molar refractivity (Wildman–Crippen MR) is 86.1 cm³/mol. The van der Waals surface area contributed by atoms with Gasteiger partial charge in [-0.15, -0.1) is 0 Å². The third-order valence-electron chi connectivity index (χ3n) is 4.40. The van der Waals surface area contributed by atoms with Crippen molar-refractivity contribution in [3.8, 4) is 0 Å². The molecule has 0 spiro atoms. The summed E-state index contributed by atoms with van der Waals surface area (Å²) in [6, 6.07) is 5.74. The molecular weight excluding hydrogens is 280 g/mol. The Bertz CT molecular complexity index is 549. The van der Waals surface area contributed by atoms with Gasteiger partial charge in [0.1, 0.15) is 0 Å². The van der Waals surface area contributed by atoms with Crippen molar-refractivity contribution in [3.63, 3.8) is 0 Å². The van der Waals surface area contributed by atoms with Crippen LogP contribution in [0.2, 0.25) is 0 Å². The minimum atomic E-state index is -0.727. The van der Waals surface area contributed by atoms with Gasteiger partial charge in [0.05, 0.1) is 5.92 Å². The lowest BCUT2D eigenvalue weighted by molar-refractivity contribution is -0.142. The Hall–Kier alpha value is -2.04. The molecule has 22 heavy (non-hydrogen) atoms. The topological polar surface area (TPSA) is 78.4 Å². The molecule has 0 heterocycles. The Morgan fingerprint density at radius 1 is 1.23 bits per heavy atom. The SMILES string of the molecule is CCc1cc(NC(=O)NC2CCC(C(=O)O)CC2)ccc1C. The molecule has 0 radical (unpaired) electrons. The molecule has 1 saturated carbocycles. The lowest BCUT2D eigenvalue weighted by atomic mass is 9.86. The van der Waals surface area contributed by atoms with Crippen LogP contribution in [0.4, 0.5) is 10.5 Å². The van der Waals surface area contributed by atoms with Gasteiger partial charge in [-0.1, -0.05) is 13.0 Å². The van der Waals surface area contributed by atoms with Gasteiger partial charge in [-0.25, -0.2) is 4.79 Å². The van der Waals surface area contributed by atoms with E-state index in [1.165, 1.54) is 11.1 Å². The van der Waals surface area contributed by atoms with Crippen molar-refractivity contribution < 1.29 is 14.7 Å². The van der Waals surface area contributed by atoms with Crippen molar-refractivity contribution in [1.29, 1.82) is 0 Å². The first-order chi connectivity index (χ1) is 10.5. The fraction of sp³-hybridized carbons (Fsp3) is 0.529. The number of hydrogen-bond acceptors (Lipinski definition) is 2.